The average Bonchev–Trinajstić information content (AvgIpc) is 2.80. The fraction of sp³-hybridized carbons (Fsp3) is 0.481. The van der Waals surface area contributed by atoms with Crippen LogP contribution in [-0.2, 0) is 11.3 Å². The summed E-state index contributed by atoms with van der Waals surface area (Å²) in [6.07, 6.45) is 0.575. The molecule has 2 amide bonds. The molecule has 33 heavy (non-hydrogen) atoms. The lowest BCUT2D eigenvalue weighted by Crippen LogP contribution is -2.45. The maximum absolute atomic E-state index is 13.0. The van der Waals surface area contributed by atoms with Crippen LogP contribution in [0, 0.1) is 12.8 Å². The third-order valence-electron chi connectivity index (χ3n) is 6.26. The molecule has 1 saturated heterocycles. The van der Waals surface area contributed by atoms with Crippen molar-refractivity contribution in [1.29, 1.82) is 0 Å². The second-order valence-corrected chi connectivity index (χ2v) is 9.37. The molecular weight excluding hydrogens is 412 g/mol. The van der Waals surface area contributed by atoms with Gasteiger partial charge < -0.3 is 15.5 Å². The fourth-order valence-electron chi connectivity index (χ4n) is 4.21. The lowest BCUT2D eigenvalue weighted by molar-refractivity contribution is -0.118. The van der Waals surface area contributed by atoms with Crippen LogP contribution in [0.3, 0.4) is 0 Å². The van der Waals surface area contributed by atoms with E-state index in [1.165, 1.54) is 5.56 Å². The smallest absolute Gasteiger partial charge is 0.252 e. The first-order valence-corrected chi connectivity index (χ1v) is 12.1. The third-order valence-corrected chi connectivity index (χ3v) is 6.26. The highest BCUT2D eigenvalue weighted by molar-refractivity contribution is 6.01. The van der Waals surface area contributed by atoms with Crippen LogP contribution < -0.4 is 10.6 Å². The number of anilines is 1. The van der Waals surface area contributed by atoms with E-state index in [1.807, 2.05) is 37.3 Å². The molecule has 0 saturated carbocycles. The number of piperazine rings is 1. The molecule has 1 atom stereocenters. The first kappa shape index (κ1) is 24.9. The number of hydrogen-bond donors (Lipinski definition) is 2. The molecule has 0 aliphatic carbocycles. The lowest BCUT2D eigenvalue weighted by atomic mass is 10.0. The van der Waals surface area contributed by atoms with Gasteiger partial charge in [0.25, 0.3) is 5.91 Å². The maximum atomic E-state index is 13.0. The van der Waals surface area contributed by atoms with Gasteiger partial charge in [0.1, 0.15) is 6.04 Å². The minimum atomic E-state index is -0.591. The largest absolute Gasteiger partial charge is 0.340 e. The highest BCUT2D eigenvalue weighted by atomic mass is 16.2. The van der Waals surface area contributed by atoms with Gasteiger partial charge in [-0.2, -0.15) is 0 Å². The molecule has 1 aliphatic heterocycles. The van der Waals surface area contributed by atoms with Crippen LogP contribution in [-0.4, -0.2) is 60.4 Å². The monoisotopic (exact) mass is 450 g/mol. The van der Waals surface area contributed by atoms with E-state index in [4.69, 9.17) is 0 Å². The molecule has 178 valence electrons. The van der Waals surface area contributed by atoms with Crippen LogP contribution in [0.5, 0.6) is 0 Å². The van der Waals surface area contributed by atoms with Gasteiger partial charge in [-0.15, -0.1) is 0 Å². The number of nitrogens with zero attached hydrogens (tertiary/aromatic N) is 2. The van der Waals surface area contributed by atoms with Crippen molar-refractivity contribution in [1.82, 2.24) is 15.1 Å². The number of hydrogen-bond acceptors (Lipinski definition) is 4. The van der Waals surface area contributed by atoms with E-state index in [0.29, 0.717) is 12.0 Å². The second kappa shape index (κ2) is 12.0. The number of amides is 2. The quantitative estimate of drug-likeness (QED) is 0.608. The molecule has 0 radical (unpaired) electrons. The van der Waals surface area contributed by atoms with Crippen LogP contribution >= 0.6 is 0 Å². The van der Waals surface area contributed by atoms with Crippen molar-refractivity contribution in [2.24, 2.45) is 5.92 Å². The SMILES string of the molecule is CCN1CCN(Cc2ccc(NC(=O)C(CC(C)C)NC(=O)c3ccccc3C)cc2)CC1. The first-order valence-electron chi connectivity index (χ1n) is 12.1. The zero-order valence-corrected chi connectivity index (χ0v) is 20.4. The number of benzene rings is 2. The molecule has 1 unspecified atom stereocenters. The van der Waals surface area contributed by atoms with Gasteiger partial charge in [0.2, 0.25) is 5.91 Å². The Morgan fingerprint density at radius 1 is 0.939 bits per heavy atom. The van der Waals surface area contributed by atoms with Gasteiger partial charge in [-0.1, -0.05) is 51.1 Å². The summed E-state index contributed by atoms with van der Waals surface area (Å²) < 4.78 is 0. The molecule has 2 aromatic carbocycles. The Bertz CT molecular complexity index is 918. The molecule has 6 nitrogen and oxygen atoms in total. The predicted molar refractivity (Wildman–Crippen MR) is 134 cm³/mol. The molecule has 3 rings (SSSR count). The Hall–Kier alpha value is -2.70. The minimum absolute atomic E-state index is 0.186. The van der Waals surface area contributed by atoms with Gasteiger partial charge in [0.15, 0.2) is 0 Å². The van der Waals surface area contributed by atoms with Crippen LogP contribution in [0.1, 0.15) is 48.7 Å². The number of carbonyl (C=O) groups is 2. The van der Waals surface area contributed by atoms with Crippen molar-refractivity contribution in [3.8, 4) is 0 Å². The molecule has 0 bridgehead atoms. The molecule has 1 fully saturated rings. The van der Waals surface area contributed by atoms with E-state index in [1.54, 1.807) is 6.07 Å². The van der Waals surface area contributed by atoms with Crippen LogP contribution in [0.2, 0.25) is 0 Å². The van der Waals surface area contributed by atoms with Crippen LogP contribution in [0.4, 0.5) is 5.69 Å². The standard InChI is InChI=1S/C27H38N4O2/c1-5-30-14-16-31(17-15-30)19-22-10-12-23(13-11-22)28-27(33)25(18-20(2)3)29-26(32)24-9-7-6-8-21(24)4/h6-13,20,25H,5,14-19H2,1-4H3,(H,28,33)(H,29,32). The van der Waals surface area contributed by atoms with Crippen LogP contribution in [0.25, 0.3) is 0 Å². The zero-order chi connectivity index (χ0) is 23.8. The summed E-state index contributed by atoms with van der Waals surface area (Å²) in [5.74, 6) is -0.130. The Morgan fingerprint density at radius 3 is 2.18 bits per heavy atom. The first-order chi connectivity index (χ1) is 15.9. The van der Waals surface area contributed by atoms with Gasteiger partial charge in [-0.3, -0.25) is 14.5 Å². The van der Waals surface area contributed by atoms with Crippen molar-refractivity contribution in [3.63, 3.8) is 0 Å². The number of rotatable bonds is 9. The van der Waals surface area contributed by atoms with Crippen molar-refractivity contribution in [2.45, 2.75) is 46.7 Å². The zero-order valence-electron chi connectivity index (χ0n) is 20.4. The van der Waals surface area contributed by atoms with E-state index in [9.17, 15) is 9.59 Å². The van der Waals surface area contributed by atoms with E-state index in [0.717, 1.165) is 50.5 Å². The van der Waals surface area contributed by atoms with Crippen LogP contribution in [0.15, 0.2) is 48.5 Å². The number of aryl methyl sites for hydroxylation is 1. The Balaban J connectivity index is 1.58. The molecule has 2 aromatic rings. The summed E-state index contributed by atoms with van der Waals surface area (Å²) in [4.78, 5) is 30.8. The third kappa shape index (κ3) is 7.41. The lowest BCUT2D eigenvalue weighted by Gasteiger charge is -2.34. The molecule has 2 N–H and O–H groups in total. The maximum Gasteiger partial charge on any atom is 0.252 e. The van der Waals surface area contributed by atoms with Crippen molar-refractivity contribution >= 4 is 17.5 Å². The summed E-state index contributed by atoms with van der Waals surface area (Å²) in [5.41, 5.74) is 3.48. The minimum Gasteiger partial charge on any atom is -0.340 e. The number of nitrogens with one attached hydrogen (secondary N) is 2. The topological polar surface area (TPSA) is 64.7 Å². The van der Waals surface area contributed by atoms with E-state index in [2.05, 4.69) is 53.3 Å². The van der Waals surface area contributed by atoms with Gasteiger partial charge in [-0.25, -0.2) is 0 Å². The molecule has 1 heterocycles. The summed E-state index contributed by atoms with van der Waals surface area (Å²) in [7, 11) is 0. The highest BCUT2D eigenvalue weighted by Gasteiger charge is 2.23. The molecule has 0 spiro atoms. The normalized spacial score (nSPS) is 15.9. The van der Waals surface area contributed by atoms with Gasteiger partial charge in [0.05, 0.1) is 0 Å². The van der Waals surface area contributed by atoms with Gasteiger partial charge in [0, 0.05) is 44.0 Å². The van der Waals surface area contributed by atoms with Crippen molar-refractivity contribution in [3.05, 3.63) is 65.2 Å². The van der Waals surface area contributed by atoms with Gasteiger partial charge in [-0.05, 0) is 55.1 Å². The Labute approximate surface area is 198 Å². The molecular formula is C27H38N4O2. The highest BCUT2D eigenvalue weighted by Crippen LogP contribution is 2.15. The Morgan fingerprint density at radius 2 is 1.58 bits per heavy atom. The van der Waals surface area contributed by atoms with Crippen molar-refractivity contribution < 1.29 is 9.59 Å². The molecule has 0 aromatic heterocycles. The summed E-state index contributed by atoms with van der Waals surface area (Å²) >= 11 is 0. The average molecular weight is 451 g/mol. The number of likely N-dealkylation sites (N-methyl/N-ethyl adjacent to an activating group) is 1. The van der Waals surface area contributed by atoms with Crippen molar-refractivity contribution in [2.75, 3.05) is 38.0 Å². The molecule has 1 aliphatic rings. The van der Waals surface area contributed by atoms with E-state index < -0.39 is 6.04 Å². The number of carbonyl (C=O) groups excluding carboxylic acids is 2. The van der Waals surface area contributed by atoms with E-state index in [-0.39, 0.29) is 17.7 Å². The van der Waals surface area contributed by atoms with Gasteiger partial charge >= 0.3 is 0 Å². The van der Waals surface area contributed by atoms with E-state index >= 15 is 0 Å². The summed E-state index contributed by atoms with van der Waals surface area (Å²) in [6, 6.07) is 14.9. The predicted octanol–water partition coefficient (Wildman–Crippen LogP) is 3.92. The Kier molecular flexibility index (Phi) is 9.03. The second-order valence-electron chi connectivity index (χ2n) is 9.37. The summed E-state index contributed by atoms with van der Waals surface area (Å²) in [6.45, 7) is 14.7. The summed E-state index contributed by atoms with van der Waals surface area (Å²) in [5, 5.41) is 5.93. The molecule has 6 heteroatoms. The fourth-order valence-corrected chi connectivity index (χ4v) is 4.21.